The van der Waals surface area contributed by atoms with Gasteiger partial charge in [-0.05, 0) is 29.4 Å². The molecule has 1 amide bonds. The average Bonchev–Trinajstić information content (AvgIpc) is 2.72. The van der Waals surface area contributed by atoms with Crippen molar-refractivity contribution in [2.45, 2.75) is 59.3 Å². The fourth-order valence-corrected chi connectivity index (χ4v) is 5.08. The van der Waals surface area contributed by atoms with Gasteiger partial charge in [-0.2, -0.15) is 0 Å². The van der Waals surface area contributed by atoms with Gasteiger partial charge in [0.1, 0.15) is 5.78 Å². The molecule has 0 saturated carbocycles. The zero-order valence-corrected chi connectivity index (χ0v) is 18.9. The first-order valence-electron chi connectivity index (χ1n) is 11.1. The van der Waals surface area contributed by atoms with Crippen LogP contribution in [0.2, 0.25) is 0 Å². The second-order valence-electron chi connectivity index (χ2n) is 10.1. The zero-order chi connectivity index (χ0) is 21.8. The Morgan fingerprint density at radius 3 is 1.80 bits per heavy atom. The van der Waals surface area contributed by atoms with E-state index in [-0.39, 0.29) is 17.1 Å². The van der Waals surface area contributed by atoms with Crippen LogP contribution in [0.15, 0.2) is 60.7 Å². The predicted molar refractivity (Wildman–Crippen MR) is 122 cm³/mol. The van der Waals surface area contributed by atoms with E-state index in [1.165, 1.54) is 11.1 Å². The van der Waals surface area contributed by atoms with Crippen molar-refractivity contribution in [1.29, 1.82) is 0 Å². The van der Waals surface area contributed by atoms with Gasteiger partial charge in [0.05, 0.1) is 0 Å². The molecule has 0 atom stereocenters. The molecule has 0 bridgehead atoms. The summed E-state index contributed by atoms with van der Waals surface area (Å²) >= 11 is 0. The average molecular weight is 406 g/mol. The molecule has 2 aromatic carbocycles. The number of hydrogen-bond acceptors (Lipinski definition) is 2. The Kier molecular flexibility index (Phi) is 6.80. The summed E-state index contributed by atoms with van der Waals surface area (Å²) in [6.07, 6.45) is 2.76. The number of rotatable bonds is 7. The summed E-state index contributed by atoms with van der Waals surface area (Å²) in [6, 6.07) is 21.3. The van der Waals surface area contributed by atoms with Crippen molar-refractivity contribution in [1.82, 2.24) is 4.90 Å². The van der Waals surface area contributed by atoms with Gasteiger partial charge >= 0.3 is 0 Å². The number of ketones is 1. The van der Waals surface area contributed by atoms with Gasteiger partial charge in [-0.1, -0.05) is 88.4 Å². The molecule has 0 N–H and O–H groups in total. The highest BCUT2D eigenvalue weighted by atomic mass is 16.2. The minimum absolute atomic E-state index is 0.0267. The second-order valence-corrected chi connectivity index (χ2v) is 10.1. The van der Waals surface area contributed by atoms with E-state index in [2.05, 4.69) is 88.4 Å². The fourth-order valence-electron chi connectivity index (χ4n) is 5.08. The van der Waals surface area contributed by atoms with Gasteiger partial charge in [0.2, 0.25) is 5.91 Å². The lowest BCUT2D eigenvalue weighted by Gasteiger charge is -2.40. The standard InChI is InChI=1S/C27H35NO2/c1-26(2,20-27(3,4)25(30)28-17-15-23(29)16-18-28)19-24(21-11-7-5-8-12-21)22-13-9-6-10-14-22/h5-14,24H,15-20H2,1-4H3. The second kappa shape index (κ2) is 9.16. The number of benzene rings is 2. The number of carbonyl (C=O) groups excluding carboxylic acids is 2. The summed E-state index contributed by atoms with van der Waals surface area (Å²) in [5.41, 5.74) is 2.15. The summed E-state index contributed by atoms with van der Waals surface area (Å²) < 4.78 is 0. The summed E-state index contributed by atoms with van der Waals surface area (Å²) in [5.74, 6) is 0.741. The lowest BCUT2D eigenvalue weighted by Crippen LogP contribution is -2.46. The molecule has 0 radical (unpaired) electrons. The van der Waals surface area contributed by atoms with Crippen LogP contribution in [-0.2, 0) is 9.59 Å². The molecule has 3 rings (SSSR count). The summed E-state index contributed by atoms with van der Waals surface area (Å²) in [5, 5.41) is 0. The molecule has 2 aromatic rings. The van der Waals surface area contributed by atoms with Gasteiger partial charge < -0.3 is 4.90 Å². The Bertz CT molecular complexity index is 805. The van der Waals surface area contributed by atoms with Crippen LogP contribution >= 0.6 is 0 Å². The number of piperidine rings is 1. The van der Waals surface area contributed by atoms with Crippen LogP contribution in [-0.4, -0.2) is 29.7 Å². The molecule has 3 heteroatoms. The van der Waals surface area contributed by atoms with E-state index in [4.69, 9.17) is 0 Å². The molecule has 0 spiro atoms. The first-order valence-corrected chi connectivity index (χ1v) is 11.1. The lowest BCUT2D eigenvalue weighted by molar-refractivity contribution is -0.144. The topological polar surface area (TPSA) is 37.4 Å². The Hall–Kier alpha value is -2.42. The number of amides is 1. The largest absolute Gasteiger partial charge is 0.341 e. The summed E-state index contributed by atoms with van der Waals surface area (Å²) in [4.78, 5) is 26.7. The molecule has 160 valence electrons. The lowest BCUT2D eigenvalue weighted by atomic mass is 9.68. The molecule has 0 unspecified atom stereocenters. The maximum atomic E-state index is 13.2. The molecule has 1 aliphatic heterocycles. The van der Waals surface area contributed by atoms with Crippen molar-refractivity contribution in [3.8, 4) is 0 Å². The van der Waals surface area contributed by atoms with E-state index in [9.17, 15) is 9.59 Å². The third-order valence-corrected chi connectivity index (χ3v) is 6.27. The van der Waals surface area contributed by atoms with Crippen molar-refractivity contribution in [2.24, 2.45) is 10.8 Å². The maximum Gasteiger partial charge on any atom is 0.228 e. The normalized spacial score (nSPS) is 15.5. The van der Waals surface area contributed by atoms with Crippen molar-refractivity contribution in [2.75, 3.05) is 13.1 Å². The minimum Gasteiger partial charge on any atom is -0.341 e. The smallest absolute Gasteiger partial charge is 0.228 e. The minimum atomic E-state index is -0.457. The van der Waals surface area contributed by atoms with E-state index >= 15 is 0 Å². The van der Waals surface area contributed by atoms with Crippen molar-refractivity contribution in [3.05, 3.63) is 71.8 Å². The van der Waals surface area contributed by atoms with Crippen LogP contribution in [0, 0.1) is 10.8 Å². The molecule has 1 heterocycles. The third-order valence-electron chi connectivity index (χ3n) is 6.27. The number of Topliss-reactive ketones (excluding diaryl/α,β-unsaturated/α-hetero) is 1. The van der Waals surface area contributed by atoms with Gasteiger partial charge in [0.25, 0.3) is 0 Å². The SMILES string of the molecule is CC(C)(CC(c1ccccc1)c1ccccc1)CC(C)(C)C(=O)N1CCC(=O)CC1. The Balaban J connectivity index is 1.77. The fraction of sp³-hybridized carbons (Fsp3) is 0.481. The van der Waals surface area contributed by atoms with Gasteiger partial charge in [-0.15, -0.1) is 0 Å². The predicted octanol–water partition coefficient (Wildman–Crippen LogP) is 5.84. The molecular weight excluding hydrogens is 370 g/mol. The highest BCUT2D eigenvalue weighted by Gasteiger charge is 2.39. The van der Waals surface area contributed by atoms with E-state index in [1.54, 1.807) is 0 Å². The number of carbonyl (C=O) groups is 2. The van der Waals surface area contributed by atoms with Crippen LogP contribution in [0.25, 0.3) is 0 Å². The van der Waals surface area contributed by atoms with E-state index in [0.29, 0.717) is 31.8 Å². The first kappa shape index (κ1) is 22.3. The monoisotopic (exact) mass is 405 g/mol. The van der Waals surface area contributed by atoms with Crippen LogP contribution in [0.1, 0.15) is 70.4 Å². The summed E-state index contributed by atoms with van der Waals surface area (Å²) in [6.45, 7) is 9.82. The molecule has 0 aliphatic carbocycles. The maximum absolute atomic E-state index is 13.2. The Labute approximate surface area is 181 Å². The molecular formula is C27H35NO2. The van der Waals surface area contributed by atoms with Crippen LogP contribution in [0.5, 0.6) is 0 Å². The number of likely N-dealkylation sites (tertiary alicyclic amines) is 1. The highest BCUT2D eigenvalue weighted by Crippen LogP contribution is 2.43. The van der Waals surface area contributed by atoms with Crippen molar-refractivity contribution < 1.29 is 9.59 Å². The Morgan fingerprint density at radius 1 is 0.867 bits per heavy atom. The molecule has 1 saturated heterocycles. The quantitative estimate of drug-likeness (QED) is 0.580. The van der Waals surface area contributed by atoms with Gasteiger partial charge in [-0.25, -0.2) is 0 Å². The van der Waals surface area contributed by atoms with E-state index < -0.39 is 5.41 Å². The third kappa shape index (κ3) is 5.59. The zero-order valence-electron chi connectivity index (χ0n) is 18.9. The molecule has 3 nitrogen and oxygen atoms in total. The van der Waals surface area contributed by atoms with Crippen molar-refractivity contribution >= 4 is 11.7 Å². The van der Waals surface area contributed by atoms with Gasteiger partial charge in [0.15, 0.2) is 0 Å². The first-order chi connectivity index (χ1) is 14.2. The van der Waals surface area contributed by atoms with Crippen molar-refractivity contribution in [3.63, 3.8) is 0 Å². The van der Waals surface area contributed by atoms with Gasteiger partial charge in [0, 0.05) is 37.3 Å². The van der Waals surface area contributed by atoms with Crippen LogP contribution in [0.4, 0.5) is 0 Å². The number of hydrogen-bond donors (Lipinski definition) is 0. The van der Waals surface area contributed by atoms with E-state index in [1.807, 2.05) is 4.90 Å². The molecule has 0 aromatic heterocycles. The molecule has 1 aliphatic rings. The van der Waals surface area contributed by atoms with Crippen LogP contribution in [0.3, 0.4) is 0 Å². The van der Waals surface area contributed by atoms with Crippen LogP contribution < -0.4 is 0 Å². The molecule has 1 fully saturated rings. The van der Waals surface area contributed by atoms with E-state index in [0.717, 1.165) is 12.8 Å². The summed E-state index contributed by atoms with van der Waals surface area (Å²) in [7, 11) is 0. The van der Waals surface area contributed by atoms with Gasteiger partial charge in [-0.3, -0.25) is 9.59 Å². The highest BCUT2D eigenvalue weighted by molar-refractivity contribution is 5.86. The number of nitrogens with zero attached hydrogens (tertiary/aromatic N) is 1. The molecule has 30 heavy (non-hydrogen) atoms. The Morgan fingerprint density at radius 2 is 1.33 bits per heavy atom.